The van der Waals surface area contributed by atoms with Crippen LogP contribution in [0.25, 0.3) is 0 Å². The highest BCUT2D eigenvalue weighted by molar-refractivity contribution is 7.98. The summed E-state index contributed by atoms with van der Waals surface area (Å²) in [5, 5.41) is 0.895. The average Bonchev–Trinajstić information content (AvgIpc) is 2.62. The quantitative estimate of drug-likeness (QED) is 0.634. The fourth-order valence-electron chi connectivity index (χ4n) is 2.81. The van der Waals surface area contributed by atoms with Crippen molar-refractivity contribution in [2.24, 2.45) is 5.92 Å². The van der Waals surface area contributed by atoms with Crippen LogP contribution in [0.15, 0.2) is 41.7 Å². The number of Topliss-reactive ketones (excluding diaryl/α,β-unsaturated/α-hetero) is 1. The maximum absolute atomic E-state index is 13.0. The minimum atomic E-state index is -0.316. The lowest BCUT2D eigenvalue weighted by Gasteiger charge is -2.32. The van der Waals surface area contributed by atoms with Crippen molar-refractivity contribution >= 4 is 23.4 Å². The van der Waals surface area contributed by atoms with Crippen LogP contribution in [0.3, 0.4) is 0 Å². The Labute approximate surface area is 139 Å². The molecule has 120 valence electrons. The summed E-state index contributed by atoms with van der Waals surface area (Å²) >= 11 is 1.57. The standard InChI is InChI=1S/C17H18FN3OS/c1-23-16-11-19-10-15(20-16)21-8-6-13(7-9-21)17(22)12-2-4-14(18)5-3-12/h2-5,10-11,13H,6-9H2,1H3. The molecule has 1 aromatic carbocycles. The van der Waals surface area contributed by atoms with Crippen LogP contribution < -0.4 is 4.90 Å². The third-order valence-corrected chi connectivity index (χ3v) is 4.74. The molecular weight excluding hydrogens is 313 g/mol. The van der Waals surface area contributed by atoms with Crippen LogP contribution in [0.5, 0.6) is 0 Å². The van der Waals surface area contributed by atoms with Gasteiger partial charge < -0.3 is 4.90 Å². The number of nitrogens with zero attached hydrogens (tertiary/aromatic N) is 3. The zero-order valence-corrected chi connectivity index (χ0v) is 13.7. The summed E-state index contributed by atoms with van der Waals surface area (Å²) in [6.45, 7) is 1.56. The largest absolute Gasteiger partial charge is 0.355 e. The Balaban J connectivity index is 1.63. The number of thioether (sulfide) groups is 1. The topological polar surface area (TPSA) is 46.1 Å². The molecule has 1 aliphatic rings. The number of ketones is 1. The summed E-state index contributed by atoms with van der Waals surface area (Å²) in [7, 11) is 0. The second-order valence-corrected chi connectivity index (χ2v) is 6.38. The molecular formula is C17H18FN3OS. The van der Waals surface area contributed by atoms with Crippen molar-refractivity contribution in [1.82, 2.24) is 9.97 Å². The number of aromatic nitrogens is 2. The lowest BCUT2D eigenvalue weighted by molar-refractivity contribution is 0.0900. The first-order chi connectivity index (χ1) is 11.2. The lowest BCUT2D eigenvalue weighted by atomic mass is 9.89. The van der Waals surface area contributed by atoms with Gasteiger partial charge in [-0.2, -0.15) is 0 Å². The highest BCUT2D eigenvalue weighted by Gasteiger charge is 2.26. The van der Waals surface area contributed by atoms with Gasteiger partial charge in [-0.3, -0.25) is 9.78 Å². The Morgan fingerprint density at radius 1 is 1.22 bits per heavy atom. The van der Waals surface area contributed by atoms with Gasteiger partial charge in [0.15, 0.2) is 5.78 Å². The Morgan fingerprint density at radius 2 is 1.91 bits per heavy atom. The van der Waals surface area contributed by atoms with Crippen LogP contribution in [0.4, 0.5) is 10.2 Å². The first-order valence-corrected chi connectivity index (χ1v) is 8.80. The molecule has 0 saturated carbocycles. The Hall–Kier alpha value is -1.95. The minimum absolute atomic E-state index is 0.00611. The van der Waals surface area contributed by atoms with Gasteiger partial charge in [-0.1, -0.05) is 0 Å². The van der Waals surface area contributed by atoms with E-state index < -0.39 is 0 Å². The Kier molecular flexibility index (Phi) is 4.91. The van der Waals surface area contributed by atoms with Gasteiger partial charge in [-0.05, 0) is 43.4 Å². The maximum atomic E-state index is 13.0. The maximum Gasteiger partial charge on any atom is 0.166 e. The number of carbonyl (C=O) groups excluding carboxylic acids is 1. The number of benzene rings is 1. The van der Waals surface area contributed by atoms with Gasteiger partial charge in [0, 0.05) is 24.6 Å². The predicted molar refractivity (Wildman–Crippen MR) is 89.5 cm³/mol. The molecule has 0 N–H and O–H groups in total. The van der Waals surface area contributed by atoms with Gasteiger partial charge in [-0.15, -0.1) is 11.8 Å². The molecule has 1 aliphatic heterocycles. The zero-order chi connectivity index (χ0) is 16.2. The molecule has 1 fully saturated rings. The van der Waals surface area contributed by atoms with Crippen molar-refractivity contribution in [2.75, 3.05) is 24.2 Å². The van der Waals surface area contributed by atoms with Crippen LogP contribution in [-0.2, 0) is 0 Å². The van der Waals surface area contributed by atoms with Crippen LogP contribution in [-0.4, -0.2) is 35.1 Å². The van der Waals surface area contributed by atoms with Crippen LogP contribution in [0.1, 0.15) is 23.2 Å². The van der Waals surface area contributed by atoms with Gasteiger partial charge in [0.1, 0.15) is 16.7 Å². The monoisotopic (exact) mass is 331 g/mol. The molecule has 2 heterocycles. The molecule has 3 rings (SSSR count). The number of piperidine rings is 1. The predicted octanol–water partition coefficient (Wildman–Crippen LogP) is 3.44. The second kappa shape index (κ2) is 7.08. The zero-order valence-electron chi connectivity index (χ0n) is 12.9. The van der Waals surface area contributed by atoms with Crippen molar-refractivity contribution in [1.29, 1.82) is 0 Å². The summed E-state index contributed by atoms with van der Waals surface area (Å²) in [4.78, 5) is 23.4. The van der Waals surface area contributed by atoms with Crippen LogP contribution in [0.2, 0.25) is 0 Å². The second-order valence-electron chi connectivity index (χ2n) is 5.55. The number of halogens is 1. The molecule has 1 aromatic heterocycles. The van der Waals surface area contributed by atoms with Crippen molar-refractivity contribution in [2.45, 2.75) is 17.9 Å². The van der Waals surface area contributed by atoms with E-state index in [9.17, 15) is 9.18 Å². The highest BCUT2D eigenvalue weighted by Crippen LogP contribution is 2.25. The third kappa shape index (κ3) is 3.69. The summed E-state index contributed by atoms with van der Waals surface area (Å²) in [5.74, 6) is 0.648. The van der Waals surface area contributed by atoms with Crippen molar-refractivity contribution < 1.29 is 9.18 Å². The highest BCUT2D eigenvalue weighted by atomic mass is 32.2. The Morgan fingerprint density at radius 3 is 2.57 bits per heavy atom. The van der Waals surface area contributed by atoms with Crippen LogP contribution in [0, 0.1) is 11.7 Å². The molecule has 0 radical (unpaired) electrons. The molecule has 0 bridgehead atoms. The van der Waals surface area contributed by atoms with E-state index in [1.165, 1.54) is 12.1 Å². The van der Waals surface area contributed by atoms with Crippen molar-refractivity contribution in [3.8, 4) is 0 Å². The molecule has 0 atom stereocenters. The fourth-order valence-corrected chi connectivity index (χ4v) is 3.16. The molecule has 0 unspecified atom stereocenters. The molecule has 2 aromatic rings. The van der Waals surface area contributed by atoms with E-state index in [2.05, 4.69) is 14.9 Å². The average molecular weight is 331 g/mol. The van der Waals surface area contributed by atoms with Gasteiger partial charge >= 0.3 is 0 Å². The summed E-state index contributed by atoms with van der Waals surface area (Å²) in [6.07, 6.45) is 7.05. The number of carbonyl (C=O) groups is 1. The van der Waals surface area contributed by atoms with Crippen molar-refractivity contribution in [3.63, 3.8) is 0 Å². The van der Waals surface area contributed by atoms with E-state index in [1.54, 1.807) is 36.3 Å². The minimum Gasteiger partial charge on any atom is -0.355 e. The lowest BCUT2D eigenvalue weighted by Crippen LogP contribution is -2.37. The van der Waals surface area contributed by atoms with E-state index in [1.807, 2.05) is 6.26 Å². The summed E-state index contributed by atoms with van der Waals surface area (Å²) < 4.78 is 13.0. The summed E-state index contributed by atoms with van der Waals surface area (Å²) in [5.41, 5.74) is 0.592. The van der Waals surface area contributed by atoms with E-state index in [0.717, 1.165) is 36.8 Å². The first-order valence-electron chi connectivity index (χ1n) is 7.58. The molecule has 0 spiro atoms. The summed E-state index contributed by atoms with van der Waals surface area (Å²) in [6, 6.07) is 5.81. The number of anilines is 1. The molecule has 0 aliphatic carbocycles. The molecule has 1 saturated heterocycles. The third-order valence-electron chi connectivity index (χ3n) is 4.13. The van der Waals surface area contributed by atoms with E-state index in [-0.39, 0.29) is 17.5 Å². The molecule has 23 heavy (non-hydrogen) atoms. The van der Waals surface area contributed by atoms with Crippen molar-refractivity contribution in [3.05, 3.63) is 48.0 Å². The number of hydrogen-bond acceptors (Lipinski definition) is 5. The first kappa shape index (κ1) is 15.9. The van der Waals surface area contributed by atoms with E-state index in [4.69, 9.17) is 0 Å². The smallest absolute Gasteiger partial charge is 0.166 e. The number of hydrogen-bond donors (Lipinski definition) is 0. The van der Waals surface area contributed by atoms with E-state index >= 15 is 0 Å². The van der Waals surface area contributed by atoms with Gasteiger partial charge in [0.05, 0.1) is 12.4 Å². The Bertz CT molecular complexity index is 684. The van der Waals surface area contributed by atoms with Gasteiger partial charge in [0.2, 0.25) is 0 Å². The normalized spacial score (nSPS) is 15.7. The molecule has 4 nitrogen and oxygen atoms in total. The van der Waals surface area contributed by atoms with Crippen LogP contribution >= 0.6 is 11.8 Å². The van der Waals surface area contributed by atoms with E-state index in [0.29, 0.717) is 5.56 Å². The SMILES string of the molecule is CSc1cncc(N2CCC(C(=O)c3ccc(F)cc3)CC2)n1. The molecule has 0 amide bonds. The molecule has 6 heteroatoms. The van der Waals surface area contributed by atoms with Gasteiger partial charge in [-0.25, -0.2) is 9.37 Å². The number of rotatable bonds is 4. The van der Waals surface area contributed by atoms with Gasteiger partial charge in [0.25, 0.3) is 0 Å². The fraction of sp³-hybridized carbons (Fsp3) is 0.353.